The first-order chi connectivity index (χ1) is 20.7. The number of halogens is 1. The molecule has 43 heavy (non-hydrogen) atoms. The van der Waals surface area contributed by atoms with E-state index in [-0.39, 0.29) is 24.0 Å². The van der Waals surface area contributed by atoms with Gasteiger partial charge in [-0.15, -0.1) is 0 Å². The fraction of sp³-hybridized carbons (Fsp3) is 0.129. The monoisotopic (exact) mass is 664 g/mol. The van der Waals surface area contributed by atoms with E-state index in [2.05, 4.69) is 31.8 Å². The Hall–Kier alpha value is -4.52. The molecule has 0 unspecified atom stereocenters. The number of carbonyl (C=O) groups excluding carboxylic acids is 2. The number of methoxy groups -OCH3 is 1. The molecule has 222 valence electrons. The van der Waals surface area contributed by atoms with Crippen LogP contribution in [0.3, 0.4) is 0 Å². The number of ether oxygens (including phenoxy) is 2. The molecular weight excluding hydrogens is 636 g/mol. The van der Waals surface area contributed by atoms with E-state index in [1.807, 2.05) is 6.07 Å². The highest BCUT2D eigenvalue weighted by atomic mass is 79.9. The summed E-state index contributed by atoms with van der Waals surface area (Å²) in [6.07, 6.45) is 1.42. The van der Waals surface area contributed by atoms with Gasteiger partial charge in [0.05, 0.1) is 24.8 Å². The van der Waals surface area contributed by atoms with Crippen LogP contribution in [-0.4, -0.2) is 51.0 Å². The lowest BCUT2D eigenvalue weighted by molar-refractivity contribution is -0.121. The average molecular weight is 666 g/mol. The van der Waals surface area contributed by atoms with Gasteiger partial charge in [-0.1, -0.05) is 46.3 Å². The standard InChI is InChI=1S/C31H29BrN4O6S/c1-41-27-15-11-26(12-16-27)34-31(38)22-42-28-13-7-23(8-14-28)19-33-35-30(37)21-36(20-24-5-3-2-4-6-24)43(39,40)29-17-9-25(32)10-18-29/h2-19H,20-22H2,1H3,(H,34,38)(H,35,37)/b33-19+. The summed E-state index contributed by atoms with van der Waals surface area (Å²) >= 11 is 3.31. The molecule has 0 aliphatic carbocycles. The Kier molecular flexibility index (Phi) is 11.0. The van der Waals surface area contributed by atoms with Gasteiger partial charge in [-0.2, -0.15) is 9.41 Å². The van der Waals surface area contributed by atoms with Gasteiger partial charge in [-0.3, -0.25) is 9.59 Å². The van der Waals surface area contributed by atoms with Crippen LogP contribution in [0.2, 0.25) is 0 Å². The molecular formula is C31H29BrN4O6S. The number of hydrogen-bond donors (Lipinski definition) is 2. The number of nitrogens with one attached hydrogen (secondary N) is 2. The molecule has 2 amide bonds. The van der Waals surface area contributed by atoms with Gasteiger partial charge in [-0.05, 0) is 83.9 Å². The molecule has 0 saturated heterocycles. The highest BCUT2D eigenvalue weighted by Gasteiger charge is 2.27. The summed E-state index contributed by atoms with van der Waals surface area (Å²) in [5.74, 6) is 0.241. The van der Waals surface area contributed by atoms with Crippen LogP contribution in [-0.2, 0) is 26.2 Å². The van der Waals surface area contributed by atoms with Crippen molar-refractivity contribution in [3.63, 3.8) is 0 Å². The van der Waals surface area contributed by atoms with Crippen LogP contribution in [0.15, 0.2) is 118 Å². The molecule has 4 aromatic carbocycles. The molecule has 10 nitrogen and oxygen atoms in total. The summed E-state index contributed by atoms with van der Waals surface area (Å²) in [6.45, 7) is -0.607. The topological polar surface area (TPSA) is 126 Å². The van der Waals surface area contributed by atoms with Crippen molar-refractivity contribution in [2.45, 2.75) is 11.4 Å². The zero-order valence-electron chi connectivity index (χ0n) is 23.1. The third-order valence-corrected chi connectivity index (χ3v) is 8.33. The van der Waals surface area contributed by atoms with Gasteiger partial charge in [0, 0.05) is 16.7 Å². The number of carbonyl (C=O) groups is 2. The van der Waals surface area contributed by atoms with Crippen LogP contribution in [0, 0.1) is 0 Å². The molecule has 2 N–H and O–H groups in total. The molecule has 0 aliphatic rings. The minimum atomic E-state index is -3.97. The summed E-state index contributed by atoms with van der Waals surface area (Å²) in [4.78, 5) is 25.0. The molecule has 0 aromatic heterocycles. The average Bonchev–Trinajstić information content (AvgIpc) is 3.01. The molecule has 0 atom stereocenters. The Balaban J connectivity index is 1.31. The lowest BCUT2D eigenvalue weighted by Crippen LogP contribution is -2.39. The maximum atomic E-state index is 13.4. The highest BCUT2D eigenvalue weighted by Crippen LogP contribution is 2.21. The summed E-state index contributed by atoms with van der Waals surface area (Å²) in [5, 5.41) is 6.70. The van der Waals surface area contributed by atoms with Crippen LogP contribution >= 0.6 is 15.9 Å². The van der Waals surface area contributed by atoms with Gasteiger partial charge in [0.25, 0.3) is 11.8 Å². The fourth-order valence-corrected chi connectivity index (χ4v) is 5.46. The maximum Gasteiger partial charge on any atom is 0.262 e. The lowest BCUT2D eigenvalue weighted by Gasteiger charge is -2.21. The van der Waals surface area contributed by atoms with Crippen LogP contribution < -0.4 is 20.2 Å². The lowest BCUT2D eigenvalue weighted by atomic mass is 10.2. The van der Waals surface area contributed by atoms with E-state index in [4.69, 9.17) is 9.47 Å². The summed E-state index contributed by atoms with van der Waals surface area (Å²) in [6, 6.07) is 28.9. The van der Waals surface area contributed by atoms with Gasteiger partial charge < -0.3 is 14.8 Å². The van der Waals surface area contributed by atoms with E-state index < -0.39 is 22.5 Å². The number of anilines is 1. The summed E-state index contributed by atoms with van der Waals surface area (Å²) in [7, 11) is -2.41. The maximum absolute atomic E-state index is 13.4. The van der Waals surface area contributed by atoms with Crippen molar-refractivity contribution in [2.75, 3.05) is 25.6 Å². The second-order valence-corrected chi connectivity index (χ2v) is 12.0. The number of sulfonamides is 1. The van der Waals surface area contributed by atoms with Crippen molar-refractivity contribution in [3.8, 4) is 11.5 Å². The molecule has 4 rings (SSSR count). The van der Waals surface area contributed by atoms with Gasteiger partial charge >= 0.3 is 0 Å². The molecule has 0 aliphatic heterocycles. The summed E-state index contributed by atoms with van der Waals surface area (Å²) in [5.41, 5.74) is 4.40. The molecule has 0 fully saturated rings. The first kappa shape index (κ1) is 31.4. The van der Waals surface area contributed by atoms with E-state index >= 15 is 0 Å². The highest BCUT2D eigenvalue weighted by molar-refractivity contribution is 9.10. The summed E-state index contributed by atoms with van der Waals surface area (Å²) < 4.78 is 39.2. The normalized spacial score (nSPS) is 11.3. The Morgan fingerprint density at radius 2 is 1.51 bits per heavy atom. The molecule has 0 radical (unpaired) electrons. The van der Waals surface area contributed by atoms with Crippen LogP contribution in [0.4, 0.5) is 5.69 Å². The van der Waals surface area contributed by atoms with E-state index in [0.29, 0.717) is 22.7 Å². The van der Waals surface area contributed by atoms with Crippen molar-refractivity contribution >= 4 is 49.7 Å². The minimum absolute atomic E-state index is 0.00987. The quantitative estimate of drug-likeness (QED) is 0.156. The Morgan fingerprint density at radius 1 is 0.860 bits per heavy atom. The molecule has 0 saturated carbocycles. The number of nitrogens with zero attached hydrogens (tertiary/aromatic N) is 2. The smallest absolute Gasteiger partial charge is 0.262 e. The van der Waals surface area contributed by atoms with Crippen molar-refractivity contribution in [2.24, 2.45) is 5.10 Å². The third-order valence-electron chi connectivity index (χ3n) is 6.00. The van der Waals surface area contributed by atoms with Gasteiger partial charge in [0.2, 0.25) is 10.0 Å². The van der Waals surface area contributed by atoms with Crippen molar-refractivity contribution in [3.05, 3.63) is 119 Å². The Labute approximate surface area is 258 Å². The number of hydrogen-bond acceptors (Lipinski definition) is 7. The SMILES string of the molecule is COc1ccc(NC(=O)COc2ccc(/C=N/NC(=O)CN(Cc3ccccc3)S(=O)(=O)c3ccc(Br)cc3)cc2)cc1. The molecule has 0 heterocycles. The van der Waals surface area contributed by atoms with Gasteiger partial charge in [0.1, 0.15) is 11.5 Å². The van der Waals surface area contributed by atoms with Crippen molar-refractivity contribution in [1.29, 1.82) is 0 Å². The van der Waals surface area contributed by atoms with Gasteiger partial charge in [0.15, 0.2) is 6.61 Å². The second-order valence-electron chi connectivity index (χ2n) is 9.14. The minimum Gasteiger partial charge on any atom is -0.497 e. The second kappa shape index (κ2) is 15.1. The Morgan fingerprint density at radius 3 is 2.16 bits per heavy atom. The molecule has 4 aromatic rings. The fourth-order valence-electron chi connectivity index (χ4n) is 3.81. The Bertz CT molecular complexity index is 1650. The molecule has 12 heteroatoms. The first-order valence-electron chi connectivity index (χ1n) is 13.0. The first-order valence-corrected chi connectivity index (χ1v) is 15.2. The third kappa shape index (κ3) is 9.50. The molecule has 0 bridgehead atoms. The zero-order valence-corrected chi connectivity index (χ0v) is 25.5. The number of rotatable bonds is 13. The van der Waals surface area contributed by atoms with Crippen LogP contribution in [0.5, 0.6) is 11.5 Å². The van der Waals surface area contributed by atoms with E-state index in [0.717, 1.165) is 14.3 Å². The number of amides is 2. The zero-order chi connectivity index (χ0) is 30.7. The van der Waals surface area contributed by atoms with Gasteiger partial charge in [-0.25, -0.2) is 13.8 Å². The largest absolute Gasteiger partial charge is 0.497 e. The van der Waals surface area contributed by atoms with Crippen molar-refractivity contribution < 1.29 is 27.5 Å². The van der Waals surface area contributed by atoms with Crippen molar-refractivity contribution in [1.82, 2.24) is 9.73 Å². The van der Waals surface area contributed by atoms with E-state index in [9.17, 15) is 18.0 Å². The number of hydrazone groups is 1. The molecule has 0 spiro atoms. The van der Waals surface area contributed by atoms with Crippen LogP contribution in [0.25, 0.3) is 0 Å². The van der Waals surface area contributed by atoms with E-state index in [1.165, 1.54) is 18.3 Å². The number of benzene rings is 4. The van der Waals surface area contributed by atoms with Crippen LogP contribution in [0.1, 0.15) is 11.1 Å². The van der Waals surface area contributed by atoms with E-state index in [1.54, 1.807) is 92.0 Å². The predicted molar refractivity (Wildman–Crippen MR) is 167 cm³/mol. The predicted octanol–water partition coefficient (Wildman–Crippen LogP) is 4.82.